The van der Waals surface area contributed by atoms with E-state index in [0.717, 1.165) is 36.2 Å². The molecule has 1 N–H and O–H groups in total. The monoisotopic (exact) mass is 307 g/mol. The molecule has 4 rings (SSSR count). The number of hydrogen-bond donors (Lipinski definition) is 1. The summed E-state index contributed by atoms with van der Waals surface area (Å²) in [6.07, 6.45) is 6.02. The maximum Gasteiger partial charge on any atom is 0.259 e. The van der Waals surface area contributed by atoms with Gasteiger partial charge in [0.1, 0.15) is 0 Å². The van der Waals surface area contributed by atoms with Crippen molar-refractivity contribution in [3.8, 4) is 0 Å². The number of anilines is 2. The number of fused-ring (bicyclic) bond motifs is 1. The van der Waals surface area contributed by atoms with Crippen molar-refractivity contribution in [2.75, 3.05) is 16.8 Å². The summed E-state index contributed by atoms with van der Waals surface area (Å²) >= 11 is 0. The number of hydrogen-bond acceptors (Lipinski definition) is 3. The lowest BCUT2D eigenvalue weighted by Crippen LogP contribution is -2.29. The molecule has 2 heterocycles. The highest BCUT2D eigenvalue weighted by Gasteiger charge is 2.30. The van der Waals surface area contributed by atoms with Gasteiger partial charge < -0.3 is 10.2 Å². The van der Waals surface area contributed by atoms with Crippen LogP contribution in [0.4, 0.5) is 11.4 Å². The molecule has 1 aliphatic heterocycles. The van der Waals surface area contributed by atoms with Gasteiger partial charge in [-0.3, -0.25) is 14.6 Å². The number of carbonyl (C=O) groups excluding carboxylic acids is 2. The molecular formula is C18H17N3O2. The van der Waals surface area contributed by atoms with Crippen LogP contribution in [0.25, 0.3) is 0 Å². The first-order chi connectivity index (χ1) is 11.2. The van der Waals surface area contributed by atoms with Crippen LogP contribution >= 0.6 is 0 Å². The molecule has 0 saturated heterocycles. The Morgan fingerprint density at radius 1 is 1.22 bits per heavy atom. The number of amides is 2. The standard InChI is InChI=1S/C18H17N3O2/c22-17(13-3-4-13)20-15-6-5-12-7-9-21(16(12)10-15)18(23)14-2-1-8-19-11-14/h1-2,5-6,8,10-11,13H,3-4,7,9H2,(H,20,22). The van der Waals surface area contributed by atoms with E-state index in [1.54, 1.807) is 29.4 Å². The van der Waals surface area contributed by atoms with Crippen LogP contribution in [0.15, 0.2) is 42.7 Å². The predicted octanol–water partition coefficient (Wildman–Crippen LogP) is 2.63. The van der Waals surface area contributed by atoms with Crippen LogP contribution in [0.5, 0.6) is 0 Å². The Bertz CT molecular complexity index is 769. The van der Waals surface area contributed by atoms with Gasteiger partial charge in [0.2, 0.25) is 5.91 Å². The second-order valence-electron chi connectivity index (χ2n) is 6.06. The third-order valence-corrected chi connectivity index (χ3v) is 4.35. The lowest BCUT2D eigenvalue weighted by Gasteiger charge is -2.18. The number of nitrogens with zero attached hydrogens (tertiary/aromatic N) is 2. The average molecular weight is 307 g/mol. The van der Waals surface area contributed by atoms with Crippen LogP contribution < -0.4 is 10.2 Å². The van der Waals surface area contributed by atoms with Gasteiger partial charge in [-0.25, -0.2) is 0 Å². The van der Waals surface area contributed by atoms with E-state index in [2.05, 4.69) is 10.3 Å². The molecule has 0 unspecified atom stereocenters. The normalized spacial score (nSPS) is 16.1. The van der Waals surface area contributed by atoms with Crippen LogP contribution in [-0.2, 0) is 11.2 Å². The molecule has 116 valence electrons. The van der Waals surface area contributed by atoms with E-state index in [1.807, 2.05) is 18.2 Å². The van der Waals surface area contributed by atoms with Crippen LogP contribution in [0, 0.1) is 5.92 Å². The zero-order chi connectivity index (χ0) is 15.8. The molecule has 1 aromatic carbocycles. The fraction of sp³-hybridized carbons (Fsp3) is 0.278. The maximum atomic E-state index is 12.7. The van der Waals surface area contributed by atoms with E-state index in [0.29, 0.717) is 12.1 Å². The van der Waals surface area contributed by atoms with Gasteiger partial charge in [0.15, 0.2) is 0 Å². The average Bonchev–Trinajstić information content (AvgIpc) is 3.35. The molecule has 0 spiro atoms. The molecule has 2 aromatic rings. The van der Waals surface area contributed by atoms with Gasteiger partial charge in [-0.15, -0.1) is 0 Å². The number of pyridine rings is 1. The molecule has 23 heavy (non-hydrogen) atoms. The number of aromatic nitrogens is 1. The highest BCUT2D eigenvalue weighted by molar-refractivity contribution is 6.07. The fourth-order valence-corrected chi connectivity index (χ4v) is 2.90. The zero-order valence-corrected chi connectivity index (χ0v) is 12.7. The first-order valence-electron chi connectivity index (χ1n) is 7.88. The molecule has 1 aromatic heterocycles. The Morgan fingerprint density at radius 2 is 2.09 bits per heavy atom. The van der Waals surface area contributed by atoms with Crippen molar-refractivity contribution in [1.82, 2.24) is 4.98 Å². The summed E-state index contributed by atoms with van der Waals surface area (Å²) in [5, 5.41) is 2.94. The number of rotatable bonds is 3. The van der Waals surface area contributed by atoms with Crippen molar-refractivity contribution < 1.29 is 9.59 Å². The molecule has 2 amide bonds. The highest BCUT2D eigenvalue weighted by Crippen LogP contribution is 2.34. The zero-order valence-electron chi connectivity index (χ0n) is 12.7. The Hall–Kier alpha value is -2.69. The Kier molecular flexibility index (Phi) is 3.33. The number of benzene rings is 1. The number of nitrogens with one attached hydrogen (secondary N) is 1. The lowest BCUT2D eigenvalue weighted by atomic mass is 10.1. The van der Waals surface area contributed by atoms with Gasteiger partial charge in [-0.1, -0.05) is 6.07 Å². The minimum absolute atomic E-state index is 0.0532. The van der Waals surface area contributed by atoms with Gasteiger partial charge in [-0.2, -0.15) is 0 Å². The van der Waals surface area contributed by atoms with Crippen LogP contribution in [0.1, 0.15) is 28.8 Å². The van der Waals surface area contributed by atoms with E-state index in [-0.39, 0.29) is 17.7 Å². The fourth-order valence-electron chi connectivity index (χ4n) is 2.90. The van der Waals surface area contributed by atoms with Crippen LogP contribution in [0.3, 0.4) is 0 Å². The van der Waals surface area contributed by atoms with Crippen molar-refractivity contribution in [3.05, 3.63) is 53.9 Å². The molecule has 1 fully saturated rings. The largest absolute Gasteiger partial charge is 0.326 e. The predicted molar refractivity (Wildman–Crippen MR) is 87.4 cm³/mol. The van der Waals surface area contributed by atoms with Gasteiger partial charge in [-0.05, 0) is 49.1 Å². The van der Waals surface area contributed by atoms with Gasteiger partial charge in [0.25, 0.3) is 5.91 Å². The summed E-state index contributed by atoms with van der Waals surface area (Å²) < 4.78 is 0. The summed E-state index contributed by atoms with van der Waals surface area (Å²) in [6, 6.07) is 9.34. The van der Waals surface area contributed by atoms with Crippen molar-refractivity contribution in [1.29, 1.82) is 0 Å². The van der Waals surface area contributed by atoms with E-state index < -0.39 is 0 Å². The van der Waals surface area contributed by atoms with Gasteiger partial charge in [0, 0.05) is 36.2 Å². The van der Waals surface area contributed by atoms with E-state index >= 15 is 0 Å². The topological polar surface area (TPSA) is 62.3 Å². The van der Waals surface area contributed by atoms with Crippen molar-refractivity contribution in [3.63, 3.8) is 0 Å². The second-order valence-corrected chi connectivity index (χ2v) is 6.06. The molecule has 1 saturated carbocycles. The minimum atomic E-state index is -0.0532. The van der Waals surface area contributed by atoms with E-state index in [4.69, 9.17) is 0 Å². The summed E-state index contributed by atoms with van der Waals surface area (Å²) in [4.78, 5) is 30.3. The van der Waals surface area contributed by atoms with Crippen molar-refractivity contribution in [2.45, 2.75) is 19.3 Å². The summed E-state index contributed by atoms with van der Waals surface area (Å²) in [6.45, 7) is 0.656. The molecule has 1 aliphatic carbocycles. The van der Waals surface area contributed by atoms with Crippen molar-refractivity contribution in [2.24, 2.45) is 5.92 Å². The molecule has 5 nitrogen and oxygen atoms in total. The summed E-state index contributed by atoms with van der Waals surface area (Å²) in [7, 11) is 0. The number of carbonyl (C=O) groups is 2. The van der Waals surface area contributed by atoms with Crippen LogP contribution in [0.2, 0.25) is 0 Å². The first kappa shape index (κ1) is 13.9. The molecule has 2 aliphatic rings. The van der Waals surface area contributed by atoms with Crippen molar-refractivity contribution >= 4 is 23.2 Å². The Labute approximate surface area is 134 Å². The molecule has 0 atom stereocenters. The first-order valence-corrected chi connectivity index (χ1v) is 7.88. The smallest absolute Gasteiger partial charge is 0.259 e. The Balaban J connectivity index is 1.59. The summed E-state index contributed by atoms with van der Waals surface area (Å²) in [5.74, 6) is 0.187. The minimum Gasteiger partial charge on any atom is -0.326 e. The lowest BCUT2D eigenvalue weighted by molar-refractivity contribution is -0.117. The van der Waals surface area contributed by atoms with E-state index in [1.165, 1.54) is 0 Å². The second kappa shape index (κ2) is 5.50. The highest BCUT2D eigenvalue weighted by atomic mass is 16.2. The van der Waals surface area contributed by atoms with E-state index in [9.17, 15) is 9.59 Å². The quantitative estimate of drug-likeness (QED) is 0.948. The van der Waals surface area contributed by atoms with Gasteiger partial charge >= 0.3 is 0 Å². The summed E-state index contributed by atoms with van der Waals surface area (Å²) in [5.41, 5.74) is 3.35. The molecular weight excluding hydrogens is 290 g/mol. The molecule has 0 bridgehead atoms. The van der Waals surface area contributed by atoms with Crippen LogP contribution in [-0.4, -0.2) is 23.3 Å². The Morgan fingerprint density at radius 3 is 2.83 bits per heavy atom. The molecule has 0 radical (unpaired) electrons. The SMILES string of the molecule is O=C(Nc1ccc2c(c1)N(C(=O)c1cccnc1)CC2)C1CC1. The third kappa shape index (κ3) is 2.70. The van der Waals surface area contributed by atoms with Gasteiger partial charge in [0.05, 0.1) is 5.56 Å². The third-order valence-electron chi connectivity index (χ3n) is 4.35. The molecule has 5 heteroatoms. The maximum absolute atomic E-state index is 12.7.